The van der Waals surface area contributed by atoms with Crippen molar-refractivity contribution in [1.29, 1.82) is 0 Å². The molecule has 1 aliphatic carbocycles. The third-order valence-corrected chi connectivity index (χ3v) is 9.79. The topological polar surface area (TPSA) is 77.5 Å². The van der Waals surface area contributed by atoms with Gasteiger partial charge in [-0.1, -0.05) is 45.4 Å². The van der Waals surface area contributed by atoms with Crippen LogP contribution in [0, 0.1) is 18.3 Å². The summed E-state index contributed by atoms with van der Waals surface area (Å²) in [5.41, 5.74) is 5.39. The predicted octanol–water partition coefficient (Wildman–Crippen LogP) is 7.86. The van der Waals surface area contributed by atoms with Crippen LogP contribution in [0.15, 0.2) is 48.5 Å². The summed E-state index contributed by atoms with van der Waals surface area (Å²) in [6.07, 6.45) is 3.82. The largest absolute Gasteiger partial charge is 0.497 e. The van der Waals surface area contributed by atoms with E-state index in [4.69, 9.17) is 14.5 Å². The number of pyridine rings is 1. The van der Waals surface area contributed by atoms with Gasteiger partial charge >= 0.3 is 5.97 Å². The number of anilines is 1. The number of benzene rings is 2. The maximum atomic E-state index is 14.1. The number of nitrogens with one attached hydrogen (secondary N) is 1. The molecule has 40 heavy (non-hydrogen) atoms. The highest BCUT2D eigenvalue weighted by Gasteiger charge is 2.36. The summed E-state index contributed by atoms with van der Waals surface area (Å²) in [7, 11) is 3.03. The molecule has 2 aromatic heterocycles. The summed E-state index contributed by atoms with van der Waals surface area (Å²) in [6.45, 7) is 8.79. The van der Waals surface area contributed by atoms with Crippen molar-refractivity contribution in [2.75, 3.05) is 19.5 Å². The fourth-order valence-corrected chi connectivity index (χ4v) is 7.05. The van der Waals surface area contributed by atoms with Gasteiger partial charge in [-0.05, 0) is 79.0 Å². The predicted molar refractivity (Wildman–Crippen MR) is 162 cm³/mol. The molecule has 2 heterocycles. The van der Waals surface area contributed by atoms with Gasteiger partial charge in [-0.3, -0.25) is 4.79 Å². The third-order valence-electron chi connectivity index (χ3n) is 8.62. The molecule has 4 aromatic rings. The lowest BCUT2D eigenvalue weighted by Gasteiger charge is -2.36. The van der Waals surface area contributed by atoms with Crippen LogP contribution in [0.1, 0.15) is 70.3 Å². The van der Waals surface area contributed by atoms with Gasteiger partial charge in [-0.25, -0.2) is 9.78 Å². The number of nitrogens with zero attached hydrogens (tertiary/aromatic N) is 1. The number of fused-ring (bicyclic) bond motifs is 2. The highest BCUT2D eigenvalue weighted by molar-refractivity contribution is 7.17. The van der Waals surface area contributed by atoms with Crippen molar-refractivity contribution >= 4 is 39.1 Å². The number of methoxy groups -OCH3 is 2. The Balaban J connectivity index is 1.58. The molecular weight excluding hydrogens is 520 g/mol. The number of carbonyl (C=O) groups excluding carboxylic acids is 2. The van der Waals surface area contributed by atoms with Gasteiger partial charge < -0.3 is 14.8 Å². The van der Waals surface area contributed by atoms with Gasteiger partial charge in [-0.15, -0.1) is 11.3 Å². The number of rotatable bonds is 7. The smallest absolute Gasteiger partial charge is 0.341 e. The van der Waals surface area contributed by atoms with E-state index in [1.807, 2.05) is 55.5 Å². The third kappa shape index (κ3) is 4.99. The van der Waals surface area contributed by atoms with Crippen LogP contribution in [0.25, 0.3) is 22.2 Å². The second-order valence-corrected chi connectivity index (χ2v) is 12.2. The summed E-state index contributed by atoms with van der Waals surface area (Å²) in [5, 5.41) is 4.45. The van der Waals surface area contributed by atoms with E-state index in [1.165, 1.54) is 23.3 Å². The van der Waals surface area contributed by atoms with Gasteiger partial charge in [0.05, 0.1) is 36.6 Å². The summed E-state index contributed by atoms with van der Waals surface area (Å²) in [6, 6.07) is 15.3. The lowest BCUT2D eigenvalue weighted by molar-refractivity contribution is 0.0600. The van der Waals surface area contributed by atoms with Gasteiger partial charge in [0.15, 0.2) is 0 Å². The summed E-state index contributed by atoms with van der Waals surface area (Å²) < 4.78 is 10.5. The summed E-state index contributed by atoms with van der Waals surface area (Å²) in [5.74, 6) is 0.606. The standard InChI is InChI=1S/C33H36N2O4S/c1-7-33(3,4)21-14-17-24-26(18-21)40-31(28(24)32(37)39-6)35-30(36)27-19(2)29(20-12-15-22(38-5)16-13-20)34-25-11-9-8-10-23(25)27/h8-13,15-16,21H,7,14,17-18H2,1-6H3,(H,35,36). The molecular formula is C33H36N2O4S. The lowest BCUT2D eigenvalue weighted by Crippen LogP contribution is -2.28. The second-order valence-electron chi connectivity index (χ2n) is 11.1. The van der Waals surface area contributed by atoms with Gasteiger partial charge in [0.25, 0.3) is 5.91 Å². The van der Waals surface area contributed by atoms with Crippen LogP contribution >= 0.6 is 11.3 Å². The fourth-order valence-electron chi connectivity index (χ4n) is 5.74. The minimum Gasteiger partial charge on any atom is -0.497 e. The van der Waals surface area contributed by atoms with Crippen LogP contribution in [0.5, 0.6) is 5.75 Å². The van der Waals surface area contributed by atoms with E-state index < -0.39 is 5.97 Å². The van der Waals surface area contributed by atoms with Crippen LogP contribution < -0.4 is 10.1 Å². The van der Waals surface area contributed by atoms with Crippen LogP contribution in [0.4, 0.5) is 5.00 Å². The van der Waals surface area contributed by atoms with Gasteiger partial charge in [0, 0.05) is 15.8 Å². The lowest BCUT2D eigenvalue weighted by atomic mass is 9.69. The van der Waals surface area contributed by atoms with Crippen molar-refractivity contribution in [3.05, 3.63) is 75.7 Å². The number of para-hydroxylation sites is 1. The van der Waals surface area contributed by atoms with E-state index in [1.54, 1.807) is 7.11 Å². The SMILES string of the molecule is CCC(C)(C)C1CCc2c(sc(NC(=O)c3c(C)c(-c4ccc(OC)cc4)nc4ccccc34)c2C(=O)OC)C1. The van der Waals surface area contributed by atoms with E-state index >= 15 is 0 Å². The van der Waals surface area contributed by atoms with E-state index in [2.05, 4.69) is 26.1 Å². The van der Waals surface area contributed by atoms with Crippen LogP contribution in [-0.4, -0.2) is 31.1 Å². The number of amides is 1. The quantitative estimate of drug-likeness (QED) is 0.235. The number of aromatic nitrogens is 1. The summed E-state index contributed by atoms with van der Waals surface area (Å²) >= 11 is 1.51. The van der Waals surface area contributed by atoms with Crippen molar-refractivity contribution in [2.45, 2.75) is 53.4 Å². The molecule has 7 heteroatoms. The van der Waals surface area contributed by atoms with Gasteiger partial charge in [0.1, 0.15) is 10.8 Å². The van der Waals surface area contributed by atoms with E-state index in [0.717, 1.165) is 64.7 Å². The Hall–Kier alpha value is -3.71. The Morgan fingerprint density at radius 2 is 1.80 bits per heavy atom. The molecule has 0 spiro atoms. The minimum absolute atomic E-state index is 0.210. The monoisotopic (exact) mass is 556 g/mol. The van der Waals surface area contributed by atoms with E-state index in [9.17, 15) is 9.59 Å². The highest BCUT2D eigenvalue weighted by atomic mass is 32.1. The average molecular weight is 557 g/mol. The Bertz CT molecular complexity index is 1590. The first-order valence-electron chi connectivity index (χ1n) is 13.8. The molecule has 1 unspecified atom stereocenters. The number of ether oxygens (including phenoxy) is 2. The van der Waals surface area contributed by atoms with Gasteiger partial charge in [0.2, 0.25) is 0 Å². The first kappa shape index (κ1) is 27.8. The fraction of sp³-hybridized carbons (Fsp3) is 0.364. The van der Waals surface area contributed by atoms with E-state index in [0.29, 0.717) is 22.0 Å². The average Bonchev–Trinajstić information content (AvgIpc) is 3.33. The number of carbonyl (C=O) groups is 2. The molecule has 208 valence electrons. The molecule has 1 N–H and O–H groups in total. The molecule has 5 rings (SSSR count). The molecule has 0 aliphatic heterocycles. The number of thiophene rings is 1. The Morgan fingerprint density at radius 1 is 1.07 bits per heavy atom. The Morgan fingerprint density at radius 3 is 2.48 bits per heavy atom. The first-order valence-corrected chi connectivity index (χ1v) is 14.6. The minimum atomic E-state index is -0.406. The zero-order chi connectivity index (χ0) is 28.6. The van der Waals surface area contributed by atoms with E-state index in [-0.39, 0.29) is 11.3 Å². The zero-order valence-electron chi connectivity index (χ0n) is 24.0. The van der Waals surface area contributed by atoms with Crippen molar-refractivity contribution < 1.29 is 19.1 Å². The second kappa shape index (κ2) is 11.0. The Kier molecular flexibility index (Phi) is 7.69. The van der Waals surface area contributed by atoms with Gasteiger partial charge in [-0.2, -0.15) is 0 Å². The molecule has 0 saturated carbocycles. The van der Waals surface area contributed by atoms with Crippen molar-refractivity contribution in [1.82, 2.24) is 4.98 Å². The molecule has 1 atom stereocenters. The molecule has 6 nitrogen and oxygen atoms in total. The maximum Gasteiger partial charge on any atom is 0.341 e. The molecule has 2 aromatic carbocycles. The first-order chi connectivity index (χ1) is 19.2. The Labute approximate surface area is 239 Å². The van der Waals surface area contributed by atoms with Crippen LogP contribution in [0.3, 0.4) is 0 Å². The van der Waals surface area contributed by atoms with Crippen molar-refractivity contribution in [3.8, 4) is 17.0 Å². The molecule has 0 radical (unpaired) electrons. The zero-order valence-corrected chi connectivity index (χ0v) is 24.8. The molecule has 0 fully saturated rings. The van der Waals surface area contributed by atoms with Crippen molar-refractivity contribution in [2.24, 2.45) is 11.3 Å². The van der Waals surface area contributed by atoms with Crippen molar-refractivity contribution in [3.63, 3.8) is 0 Å². The maximum absolute atomic E-state index is 14.1. The number of hydrogen-bond acceptors (Lipinski definition) is 6. The molecule has 1 aliphatic rings. The van der Waals surface area contributed by atoms with Crippen LogP contribution in [-0.2, 0) is 17.6 Å². The highest BCUT2D eigenvalue weighted by Crippen LogP contribution is 2.46. The molecule has 1 amide bonds. The number of esters is 1. The summed E-state index contributed by atoms with van der Waals surface area (Å²) in [4.78, 5) is 33.2. The normalized spacial score (nSPS) is 15.0. The molecule has 0 saturated heterocycles. The number of hydrogen-bond donors (Lipinski definition) is 1. The van der Waals surface area contributed by atoms with Crippen LogP contribution in [0.2, 0.25) is 0 Å². The molecule has 0 bridgehead atoms.